The summed E-state index contributed by atoms with van der Waals surface area (Å²) in [5.41, 5.74) is 2.71. The van der Waals surface area contributed by atoms with E-state index in [2.05, 4.69) is 21.2 Å². The summed E-state index contributed by atoms with van der Waals surface area (Å²) in [7, 11) is 5.96. The number of likely N-dealkylation sites (N-methyl/N-ethyl adjacent to an activating group) is 1. The standard InChI is InChI=1S/C16H24N4O/c1-18-9-12-4-5-16(13(6-12)8-17)20-11-15(21)7-14(20)10-19(2)3/h4-6,14-15,18,21H,7,9-11H2,1-3H3. The number of benzene rings is 1. The maximum absolute atomic E-state index is 9.99. The van der Waals surface area contributed by atoms with E-state index in [0.29, 0.717) is 12.1 Å². The smallest absolute Gasteiger partial charge is 0.101 e. The highest BCUT2D eigenvalue weighted by Crippen LogP contribution is 2.29. The van der Waals surface area contributed by atoms with Crippen molar-refractivity contribution in [2.45, 2.75) is 25.1 Å². The molecule has 114 valence electrons. The molecule has 1 fully saturated rings. The highest BCUT2D eigenvalue weighted by atomic mass is 16.3. The van der Waals surface area contributed by atoms with Gasteiger partial charge in [0.05, 0.1) is 17.4 Å². The van der Waals surface area contributed by atoms with Crippen LogP contribution in [0.1, 0.15) is 17.5 Å². The van der Waals surface area contributed by atoms with E-state index in [0.717, 1.165) is 30.8 Å². The number of nitrogens with zero attached hydrogens (tertiary/aromatic N) is 3. The molecule has 0 aromatic heterocycles. The van der Waals surface area contributed by atoms with Crippen LogP contribution in [0.15, 0.2) is 18.2 Å². The third-order valence-electron chi connectivity index (χ3n) is 3.84. The van der Waals surface area contributed by atoms with Gasteiger partial charge in [0.2, 0.25) is 0 Å². The number of β-amino-alcohol motifs (C(OH)–C–C–N with tert-alkyl or cyclic N) is 1. The zero-order valence-electron chi connectivity index (χ0n) is 13.0. The van der Waals surface area contributed by atoms with Crippen LogP contribution in [0.3, 0.4) is 0 Å². The summed E-state index contributed by atoms with van der Waals surface area (Å²) in [6.07, 6.45) is 0.430. The van der Waals surface area contributed by atoms with Crippen molar-refractivity contribution in [2.24, 2.45) is 0 Å². The Morgan fingerprint density at radius 2 is 2.24 bits per heavy atom. The lowest BCUT2D eigenvalue weighted by atomic mass is 10.1. The van der Waals surface area contributed by atoms with Crippen molar-refractivity contribution in [1.82, 2.24) is 10.2 Å². The zero-order chi connectivity index (χ0) is 15.4. The monoisotopic (exact) mass is 288 g/mol. The number of aliphatic hydroxyl groups excluding tert-OH is 1. The van der Waals surface area contributed by atoms with E-state index >= 15 is 0 Å². The lowest BCUT2D eigenvalue weighted by molar-refractivity contribution is 0.191. The molecule has 0 radical (unpaired) electrons. The molecule has 0 aliphatic carbocycles. The molecule has 5 nitrogen and oxygen atoms in total. The van der Waals surface area contributed by atoms with Crippen LogP contribution in [0.2, 0.25) is 0 Å². The molecule has 0 spiro atoms. The van der Waals surface area contributed by atoms with Crippen molar-refractivity contribution in [1.29, 1.82) is 5.26 Å². The van der Waals surface area contributed by atoms with Gasteiger partial charge in [-0.05, 0) is 45.3 Å². The van der Waals surface area contributed by atoms with E-state index in [1.54, 1.807) is 0 Å². The van der Waals surface area contributed by atoms with Gasteiger partial charge < -0.3 is 20.2 Å². The third kappa shape index (κ3) is 3.73. The van der Waals surface area contributed by atoms with E-state index in [1.807, 2.05) is 39.3 Å². The van der Waals surface area contributed by atoms with Gasteiger partial charge in [-0.1, -0.05) is 6.07 Å². The van der Waals surface area contributed by atoms with Gasteiger partial charge in [-0.15, -0.1) is 0 Å². The predicted octanol–water partition coefficient (Wildman–Crippen LogP) is 0.779. The second kappa shape index (κ2) is 6.90. The van der Waals surface area contributed by atoms with E-state index in [9.17, 15) is 10.4 Å². The molecule has 2 unspecified atom stereocenters. The van der Waals surface area contributed by atoms with Gasteiger partial charge in [0.15, 0.2) is 0 Å². The first-order valence-electron chi connectivity index (χ1n) is 7.32. The normalized spacial score (nSPS) is 21.8. The van der Waals surface area contributed by atoms with Gasteiger partial charge in [0, 0.05) is 25.7 Å². The number of nitriles is 1. The molecule has 2 N–H and O–H groups in total. The Morgan fingerprint density at radius 1 is 1.48 bits per heavy atom. The van der Waals surface area contributed by atoms with Gasteiger partial charge in [-0.25, -0.2) is 0 Å². The molecular formula is C16H24N4O. The fourth-order valence-corrected chi connectivity index (χ4v) is 3.02. The molecule has 0 amide bonds. The first kappa shape index (κ1) is 15.8. The summed E-state index contributed by atoms with van der Waals surface area (Å²) >= 11 is 0. The Hall–Kier alpha value is -1.61. The Labute approximate surface area is 126 Å². The summed E-state index contributed by atoms with van der Waals surface area (Å²) in [6, 6.07) is 8.53. The molecule has 5 heteroatoms. The lowest BCUT2D eigenvalue weighted by Gasteiger charge is -2.29. The van der Waals surface area contributed by atoms with Crippen LogP contribution in [0.5, 0.6) is 0 Å². The van der Waals surface area contributed by atoms with Crippen LogP contribution in [0.4, 0.5) is 5.69 Å². The average Bonchev–Trinajstić information content (AvgIpc) is 2.78. The Bertz CT molecular complexity index is 523. The fourth-order valence-electron chi connectivity index (χ4n) is 3.02. The molecule has 1 aliphatic rings. The maximum Gasteiger partial charge on any atom is 0.101 e. The predicted molar refractivity (Wildman–Crippen MR) is 84.2 cm³/mol. The molecule has 2 rings (SSSR count). The molecule has 1 aliphatic heterocycles. The van der Waals surface area contributed by atoms with Crippen molar-refractivity contribution in [3.05, 3.63) is 29.3 Å². The van der Waals surface area contributed by atoms with Crippen molar-refractivity contribution in [3.63, 3.8) is 0 Å². The van der Waals surface area contributed by atoms with E-state index in [1.165, 1.54) is 0 Å². The van der Waals surface area contributed by atoms with Gasteiger partial charge >= 0.3 is 0 Å². The maximum atomic E-state index is 9.99. The zero-order valence-corrected chi connectivity index (χ0v) is 13.0. The highest BCUT2D eigenvalue weighted by Gasteiger charge is 2.32. The van der Waals surface area contributed by atoms with Crippen LogP contribution < -0.4 is 10.2 Å². The van der Waals surface area contributed by atoms with E-state index in [4.69, 9.17) is 0 Å². The number of hydrogen-bond acceptors (Lipinski definition) is 5. The first-order chi connectivity index (χ1) is 10.0. The summed E-state index contributed by atoms with van der Waals surface area (Å²) in [6.45, 7) is 2.22. The Balaban J connectivity index is 2.29. The number of rotatable bonds is 5. The minimum Gasteiger partial charge on any atom is -0.391 e. The summed E-state index contributed by atoms with van der Waals surface area (Å²) < 4.78 is 0. The SMILES string of the molecule is CNCc1ccc(N2CC(O)CC2CN(C)C)c(C#N)c1. The van der Waals surface area contributed by atoms with Gasteiger partial charge in [0.25, 0.3) is 0 Å². The van der Waals surface area contributed by atoms with Crippen molar-refractivity contribution < 1.29 is 5.11 Å². The van der Waals surface area contributed by atoms with Crippen molar-refractivity contribution in [2.75, 3.05) is 39.1 Å². The summed E-state index contributed by atoms with van der Waals surface area (Å²) in [5.74, 6) is 0. The molecular weight excluding hydrogens is 264 g/mol. The first-order valence-corrected chi connectivity index (χ1v) is 7.32. The molecule has 2 atom stereocenters. The second-order valence-corrected chi connectivity index (χ2v) is 5.95. The minimum atomic E-state index is -0.321. The third-order valence-corrected chi connectivity index (χ3v) is 3.84. The van der Waals surface area contributed by atoms with Crippen LogP contribution in [0.25, 0.3) is 0 Å². The summed E-state index contributed by atoms with van der Waals surface area (Å²) in [5, 5.41) is 22.5. The topological polar surface area (TPSA) is 62.5 Å². The Kier molecular flexibility index (Phi) is 5.18. The number of aliphatic hydroxyl groups is 1. The average molecular weight is 288 g/mol. The van der Waals surface area contributed by atoms with E-state index < -0.39 is 0 Å². The lowest BCUT2D eigenvalue weighted by Crippen LogP contribution is -2.38. The minimum absolute atomic E-state index is 0.247. The van der Waals surface area contributed by atoms with Gasteiger partial charge in [-0.3, -0.25) is 0 Å². The molecule has 1 aromatic carbocycles. The van der Waals surface area contributed by atoms with Gasteiger partial charge in [0.1, 0.15) is 6.07 Å². The largest absolute Gasteiger partial charge is 0.391 e. The molecule has 0 saturated carbocycles. The van der Waals surface area contributed by atoms with Crippen molar-refractivity contribution >= 4 is 5.69 Å². The Morgan fingerprint density at radius 3 is 2.86 bits per heavy atom. The van der Waals surface area contributed by atoms with Crippen molar-refractivity contribution in [3.8, 4) is 6.07 Å². The van der Waals surface area contributed by atoms with Crippen LogP contribution in [-0.4, -0.2) is 56.4 Å². The molecule has 1 aromatic rings. The summed E-state index contributed by atoms with van der Waals surface area (Å²) in [4.78, 5) is 4.30. The highest BCUT2D eigenvalue weighted by molar-refractivity contribution is 5.62. The van der Waals surface area contributed by atoms with Crippen LogP contribution in [0, 0.1) is 11.3 Å². The molecule has 21 heavy (non-hydrogen) atoms. The number of hydrogen-bond donors (Lipinski definition) is 2. The molecule has 0 bridgehead atoms. The van der Waals surface area contributed by atoms with Crippen LogP contribution >= 0.6 is 0 Å². The van der Waals surface area contributed by atoms with Gasteiger partial charge in [-0.2, -0.15) is 5.26 Å². The van der Waals surface area contributed by atoms with E-state index in [-0.39, 0.29) is 12.1 Å². The molecule has 1 saturated heterocycles. The second-order valence-electron chi connectivity index (χ2n) is 5.95. The molecule has 1 heterocycles. The number of anilines is 1. The fraction of sp³-hybridized carbons (Fsp3) is 0.562. The quantitative estimate of drug-likeness (QED) is 0.838. The van der Waals surface area contributed by atoms with Crippen LogP contribution in [-0.2, 0) is 6.54 Å². The number of nitrogens with one attached hydrogen (secondary N) is 1.